The molecule has 0 aliphatic heterocycles. The van der Waals surface area contributed by atoms with E-state index >= 15 is 0 Å². The molecule has 0 saturated heterocycles. The fourth-order valence-corrected chi connectivity index (χ4v) is 3.61. The molecule has 0 N–H and O–H groups in total. The molecule has 19 heavy (non-hydrogen) atoms. The Morgan fingerprint density at radius 2 is 2.11 bits per heavy atom. The molecule has 100 valence electrons. The monoisotopic (exact) mass is 258 g/mol. The molecule has 1 aromatic rings. The van der Waals surface area contributed by atoms with Gasteiger partial charge < -0.3 is 9.47 Å². The highest BCUT2D eigenvalue weighted by atomic mass is 16.5. The van der Waals surface area contributed by atoms with E-state index in [0.717, 1.165) is 17.2 Å². The van der Waals surface area contributed by atoms with E-state index in [-0.39, 0.29) is 0 Å². The molecular formula is C16H18O3. The van der Waals surface area contributed by atoms with Crippen LogP contribution in [0.25, 0.3) is 0 Å². The van der Waals surface area contributed by atoms with Crippen molar-refractivity contribution in [3.63, 3.8) is 0 Å². The van der Waals surface area contributed by atoms with E-state index in [2.05, 4.69) is 19.1 Å². The van der Waals surface area contributed by atoms with Gasteiger partial charge in [-0.05, 0) is 49.1 Å². The molecule has 3 atom stereocenters. The smallest absolute Gasteiger partial charge is 0.298 e. The van der Waals surface area contributed by atoms with Crippen LogP contribution in [-0.4, -0.2) is 13.6 Å². The summed E-state index contributed by atoms with van der Waals surface area (Å²) in [6.07, 6.45) is 7.15. The number of hydrogen-bond donors (Lipinski definition) is 0. The van der Waals surface area contributed by atoms with E-state index in [1.165, 1.54) is 18.4 Å². The van der Waals surface area contributed by atoms with E-state index in [1.807, 2.05) is 12.1 Å². The summed E-state index contributed by atoms with van der Waals surface area (Å²) < 4.78 is 10.4. The number of methoxy groups -OCH3 is 1. The first-order valence-corrected chi connectivity index (χ1v) is 6.70. The molecule has 2 bridgehead atoms. The van der Waals surface area contributed by atoms with Crippen molar-refractivity contribution in [2.45, 2.75) is 25.7 Å². The lowest BCUT2D eigenvalue weighted by Crippen LogP contribution is -2.09. The van der Waals surface area contributed by atoms with Crippen LogP contribution in [0.15, 0.2) is 24.3 Å². The Morgan fingerprint density at radius 3 is 2.68 bits per heavy atom. The maximum absolute atomic E-state index is 10.5. The van der Waals surface area contributed by atoms with E-state index < -0.39 is 0 Å². The average Bonchev–Trinajstić information content (AvgIpc) is 3.00. The third-order valence-corrected chi connectivity index (χ3v) is 4.38. The Hall–Kier alpha value is -1.77. The average molecular weight is 258 g/mol. The molecule has 3 nitrogen and oxygen atoms in total. The van der Waals surface area contributed by atoms with Gasteiger partial charge in [0.2, 0.25) is 0 Å². The van der Waals surface area contributed by atoms with E-state index in [9.17, 15) is 4.79 Å². The Bertz CT molecular complexity index is 533. The van der Waals surface area contributed by atoms with Gasteiger partial charge in [0.15, 0.2) is 0 Å². The minimum Gasteiger partial charge on any atom is -0.496 e. The highest BCUT2D eigenvalue weighted by Gasteiger charge is 2.38. The highest BCUT2D eigenvalue weighted by Crippen LogP contribution is 2.52. The van der Waals surface area contributed by atoms with Crippen molar-refractivity contribution in [2.24, 2.45) is 11.8 Å². The van der Waals surface area contributed by atoms with E-state index in [4.69, 9.17) is 9.47 Å². The second-order valence-electron chi connectivity index (χ2n) is 5.46. The second-order valence-corrected chi connectivity index (χ2v) is 5.46. The molecule has 2 aliphatic carbocycles. The molecule has 3 rings (SSSR count). The lowest BCUT2D eigenvalue weighted by atomic mass is 9.84. The molecule has 0 amide bonds. The lowest BCUT2D eigenvalue weighted by Gasteiger charge is -2.23. The predicted octanol–water partition coefficient (Wildman–Crippen LogP) is 3.22. The molecule has 1 fully saturated rings. The molecule has 3 heteroatoms. The molecule has 0 aromatic heterocycles. The zero-order chi connectivity index (χ0) is 13.4. The van der Waals surface area contributed by atoms with Gasteiger partial charge in [0.05, 0.1) is 7.11 Å². The summed E-state index contributed by atoms with van der Waals surface area (Å²) in [5.74, 6) is 3.28. The number of hydrogen-bond acceptors (Lipinski definition) is 3. The number of carbonyl (C=O) groups excluding carboxylic acids is 1. The molecule has 3 unspecified atom stereocenters. The first kappa shape index (κ1) is 12.3. The maximum Gasteiger partial charge on any atom is 0.298 e. The summed E-state index contributed by atoms with van der Waals surface area (Å²) in [6, 6.07) is 3.73. The van der Waals surface area contributed by atoms with Crippen molar-refractivity contribution in [3.8, 4) is 11.5 Å². The summed E-state index contributed by atoms with van der Waals surface area (Å²) in [4.78, 5) is 10.5. The number of aryl methyl sites for hydroxylation is 1. The van der Waals surface area contributed by atoms with Crippen LogP contribution in [0.1, 0.15) is 29.9 Å². The molecule has 1 saturated carbocycles. The number of carbonyl (C=O) groups is 1. The van der Waals surface area contributed by atoms with Crippen molar-refractivity contribution in [3.05, 3.63) is 35.4 Å². The van der Waals surface area contributed by atoms with Crippen LogP contribution in [0.2, 0.25) is 0 Å². The first-order chi connectivity index (χ1) is 9.22. The Kier molecular flexibility index (Phi) is 3.05. The van der Waals surface area contributed by atoms with Gasteiger partial charge in [-0.15, -0.1) is 0 Å². The number of rotatable bonds is 4. The van der Waals surface area contributed by atoms with Gasteiger partial charge in [0.25, 0.3) is 6.47 Å². The molecule has 0 radical (unpaired) electrons. The summed E-state index contributed by atoms with van der Waals surface area (Å²) in [6.45, 7) is 2.51. The highest BCUT2D eigenvalue weighted by molar-refractivity contribution is 5.53. The van der Waals surface area contributed by atoms with Crippen molar-refractivity contribution in [1.82, 2.24) is 0 Å². The fourth-order valence-electron chi connectivity index (χ4n) is 3.61. The summed E-state index contributed by atoms with van der Waals surface area (Å²) >= 11 is 0. The minimum atomic E-state index is 0.453. The van der Waals surface area contributed by atoms with Gasteiger partial charge in [-0.25, -0.2) is 0 Å². The third-order valence-electron chi connectivity index (χ3n) is 4.38. The summed E-state index contributed by atoms with van der Waals surface area (Å²) in [5, 5.41) is 0. The van der Waals surface area contributed by atoms with Gasteiger partial charge in [0.1, 0.15) is 11.5 Å². The van der Waals surface area contributed by atoms with Crippen LogP contribution in [-0.2, 0) is 4.79 Å². The Balaban J connectivity index is 2.00. The van der Waals surface area contributed by atoms with Gasteiger partial charge in [-0.2, -0.15) is 0 Å². The molecule has 0 heterocycles. The zero-order valence-corrected chi connectivity index (χ0v) is 11.3. The van der Waals surface area contributed by atoms with Gasteiger partial charge >= 0.3 is 0 Å². The van der Waals surface area contributed by atoms with Crippen molar-refractivity contribution >= 4 is 6.47 Å². The number of allylic oxidation sites excluding steroid dienone is 2. The topological polar surface area (TPSA) is 35.5 Å². The normalized spacial score (nSPS) is 27.6. The Labute approximate surface area is 113 Å². The standard InChI is InChI=1S/C16H18O3/c1-10-5-13(19-9-17)8-15(18-2)16(10)14-7-11-3-4-12(14)6-11/h3-5,8-9,11-12,14H,6-7H2,1-2H3. The van der Waals surface area contributed by atoms with Gasteiger partial charge in [-0.1, -0.05) is 12.2 Å². The minimum absolute atomic E-state index is 0.453. The number of fused-ring (bicyclic) bond motifs is 2. The van der Waals surface area contributed by atoms with Crippen LogP contribution in [0.5, 0.6) is 11.5 Å². The number of ether oxygens (including phenoxy) is 2. The van der Waals surface area contributed by atoms with Crippen LogP contribution < -0.4 is 9.47 Å². The lowest BCUT2D eigenvalue weighted by molar-refractivity contribution is -0.120. The fraction of sp³-hybridized carbons (Fsp3) is 0.438. The van der Waals surface area contributed by atoms with Crippen molar-refractivity contribution in [1.29, 1.82) is 0 Å². The molecule has 1 aromatic carbocycles. The Morgan fingerprint density at radius 1 is 1.26 bits per heavy atom. The second kappa shape index (κ2) is 4.72. The first-order valence-electron chi connectivity index (χ1n) is 6.70. The van der Waals surface area contributed by atoms with Crippen molar-refractivity contribution in [2.75, 3.05) is 7.11 Å². The van der Waals surface area contributed by atoms with E-state index in [0.29, 0.717) is 24.1 Å². The van der Waals surface area contributed by atoms with Gasteiger partial charge in [-0.3, -0.25) is 4.79 Å². The molecule has 2 aliphatic rings. The summed E-state index contributed by atoms with van der Waals surface area (Å²) in [5.41, 5.74) is 2.42. The van der Waals surface area contributed by atoms with Crippen LogP contribution >= 0.6 is 0 Å². The quantitative estimate of drug-likeness (QED) is 0.614. The molecular weight excluding hydrogens is 240 g/mol. The maximum atomic E-state index is 10.5. The summed E-state index contributed by atoms with van der Waals surface area (Å²) in [7, 11) is 1.67. The van der Waals surface area contributed by atoms with Crippen LogP contribution in [0.4, 0.5) is 0 Å². The van der Waals surface area contributed by atoms with Crippen LogP contribution in [0.3, 0.4) is 0 Å². The van der Waals surface area contributed by atoms with Crippen LogP contribution in [0, 0.1) is 18.8 Å². The van der Waals surface area contributed by atoms with E-state index in [1.54, 1.807) is 7.11 Å². The molecule has 0 spiro atoms. The third kappa shape index (κ3) is 2.03. The predicted molar refractivity (Wildman–Crippen MR) is 72.5 cm³/mol. The zero-order valence-electron chi connectivity index (χ0n) is 11.3. The van der Waals surface area contributed by atoms with Crippen molar-refractivity contribution < 1.29 is 14.3 Å². The number of benzene rings is 1. The van der Waals surface area contributed by atoms with Gasteiger partial charge in [0, 0.05) is 11.6 Å². The largest absolute Gasteiger partial charge is 0.496 e. The SMILES string of the molecule is COc1cc(OC=O)cc(C)c1C1CC2C=CC1C2.